The molecule has 3 aromatic heterocycles. The normalized spacial score (nSPS) is 10.6. The summed E-state index contributed by atoms with van der Waals surface area (Å²) in [5.41, 5.74) is 1.68. The van der Waals surface area contributed by atoms with Crippen molar-refractivity contribution in [1.82, 2.24) is 20.2 Å². The van der Waals surface area contributed by atoms with Gasteiger partial charge in [-0.1, -0.05) is 11.8 Å². The first kappa shape index (κ1) is 14.7. The van der Waals surface area contributed by atoms with Gasteiger partial charge < -0.3 is 9.73 Å². The molecule has 0 spiro atoms. The van der Waals surface area contributed by atoms with Crippen LogP contribution >= 0.6 is 23.1 Å². The zero-order valence-electron chi connectivity index (χ0n) is 11.5. The van der Waals surface area contributed by atoms with Crippen LogP contribution in [0.4, 0.5) is 5.13 Å². The highest BCUT2D eigenvalue weighted by molar-refractivity contribution is 7.98. The van der Waals surface area contributed by atoms with Gasteiger partial charge in [0.25, 0.3) is 5.22 Å². The Morgan fingerprint density at radius 1 is 1.36 bits per heavy atom. The maximum absolute atomic E-state index is 11.0. The molecule has 3 rings (SSSR count). The van der Waals surface area contributed by atoms with Crippen LogP contribution in [0.1, 0.15) is 12.6 Å². The minimum absolute atomic E-state index is 0.132. The maximum atomic E-state index is 11.0. The van der Waals surface area contributed by atoms with Crippen molar-refractivity contribution in [3.8, 4) is 11.5 Å². The minimum Gasteiger partial charge on any atom is -0.411 e. The standard InChI is InChI=1S/C13H11N5O2S2/c1-8(19)15-12-16-10(6-21-12)7-22-13-18-17-11(20-13)9-2-4-14-5-3-9/h2-6H,7H2,1H3,(H,15,16,19). The topological polar surface area (TPSA) is 93.8 Å². The molecule has 0 fully saturated rings. The predicted molar refractivity (Wildman–Crippen MR) is 83.5 cm³/mol. The molecule has 0 atom stereocenters. The third-order valence-corrected chi connectivity index (χ3v) is 4.17. The number of thiazole rings is 1. The highest BCUT2D eigenvalue weighted by Crippen LogP contribution is 2.26. The third-order valence-electron chi connectivity index (χ3n) is 2.51. The third kappa shape index (κ3) is 3.68. The van der Waals surface area contributed by atoms with Crippen LogP contribution < -0.4 is 5.32 Å². The average molecular weight is 333 g/mol. The van der Waals surface area contributed by atoms with E-state index in [1.807, 2.05) is 17.5 Å². The minimum atomic E-state index is -0.132. The molecular formula is C13H11N5O2S2. The number of carbonyl (C=O) groups excluding carboxylic acids is 1. The van der Waals surface area contributed by atoms with Gasteiger partial charge in [0, 0.05) is 36.0 Å². The Morgan fingerprint density at radius 3 is 2.95 bits per heavy atom. The molecule has 1 amide bonds. The molecule has 0 bridgehead atoms. The zero-order valence-corrected chi connectivity index (χ0v) is 13.1. The lowest BCUT2D eigenvalue weighted by molar-refractivity contribution is -0.114. The summed E-state index contributed by atoms with van der Waals surface area (Å²) in [7, 11) is 0. The van der Waals surface area contributed by atoms with Gasteiger partial charge in [0.05, 0.1) is 5.69 Å². The Balaban J connectivity index is 1.61. The Morgan fingerprint density at radius 2 is 2.18 bits per heavy atom. The first-order valence-corrected chi connectivity index (χ1v) is 8.16. The van der Waals surface area contributed by atoms with Gasteiger partial charge in [-0.15, -0.1) is 21.5 Å². The van der Waals surface area contributed by atoms with Crippen molar-refractivity contribution >= 4 is 34.1 Å². The molecule has 3 heterocycles. The summed E-state index contributed by atoms with van der Waals surface area (Å²) in [6, 6.07) is 3.62. The molecule has 0 aliphatic carbocycles. The molecule has 9 heteroatoms. The van der Waals surface area contributed by atoms with Gasteiger partial charge >= 0.3 is 0 Å². The summed E-state index contributed by atoms with van der Waals surface area (Å²) >= 11 is 2.78. The van der Waals surface area contributed by atoms with Crippen LogP contribution in [0.15, 0.2) is 39.5 Å². The summed E-state index contributed by atoms with van der Waals surface area (Å²) in [5, 5.41) is 13.6. The molecule has 7 nitrogen and oxygen atoms in total. The quantitative estimate of drug-likeness (QED) is 0.717. The van der Waals surface area contributed by atoms with Crippen LogP contribution in [0.5, 0.6) is 0 Å². The van der Waals surface area contributed by atoms with Crippen LogP contribution in [0.2, 0.25) is 0 Å². The number of hydrogen-bond acceptors (Lipinski definition) is 8. The number of pyridine rings is 1. The molecule has 0 radical (unpaired) electrons. The number of amides is 1. The largest absolute Gasteiger partial charge is 0.411 e. The van der Waals surface area contributed by atoms with Gasteiger partial charge in [0.15, 0.2) is 5.13 Å². The molecule has 22 heavy (non-hydrogen) atoms. The van der Waals surface area contributed by atoms with Gasteiger partial charge in [-0.25, -0.2) is 4.98 Å². The predicted octanol–water partition coefficient (Wildman–Crippen LogP) is 2.84. The van der Waals surface area contributed by atoms with Crippen molar-refractivity contribution in [2.75, 3.05) is 5.32 Å². The molecule has 0 saturated heterocycles. The Kier molecular flexibility index (Phi) is 4.45. The Bertz CT molecular complexity index is 772. The van der Waals surface area contributed by atoms with E-state index in [1.54, 1.807) is 12.4 Å². The molecule has 112 valence electrons. The number of thioether (sulfide) groups is 1. The monoisotopic (exact) mass is 333 g/mol. The van der Waals surface area contributed by atoms with Crippen molar-refractivity contribution in [1.29, 1.82) is 0 Å². The van der Waals surface area contributed by atoms with E-state index in [4.69, 9.17) is 4.42 Å². The molecule has 0 saturated carbocycles. The Hall–Kier alpha value is -2.26. The molecular weight excluding hydrogens is 322 g/mol. The van der Waals surface area contributed by atoms with Crippen molar-refractivity contribution in [3.05, 3.63) is 35.6 Å². The van der Waals surface area contributed by atoms with Crippen molar-refractivity contribution in [2.24, 2.45) is 0 Å². The SMILES string of the molecule is CC(=O)Nc1nc(CSc2nnc(-c3ccncc3)o2)cs1. The van der Waals surface area contributed by atoms with Crippen molar-refractivity contribution in [2.45, 2.75) is 17.9 Å². The molecule has 0 unspecified atom stereocenters. The number of aromatic nitrogens is 4. The Labute approximate surface area is 134 Å². The first-order valence-electron chi connectivity index (χ1n) is 6.29. The summed E-state index contributed by atoms with van der Waals surface area (Å²) < 4.78 is 5.58. The fraction of sp³-hybridized carbons (Fsp3) is 0.154. The van der Waals surface area contributed by atoms with E-state index in [1.165, 1.54) is 30.0 Å². The highest BCUT2D eigenvalue weighted by Gasteiger charge is 2.10. The second-order valence-electron chi connectivity index (χ2n) is 4.22. The van der Waals surface area contributed by atoms with Crippen molar-refractivity contribution in [3.63, 3.8) is 0 Å². The van der Waals surface area contributed by atoms with E-state index in [-0.39, 0.29) is 5.91 Å². The van der Waals surface area contributed by atoms with Gasteiger partial charge in [0.1, 0.15) is 0 Å². The molecule has 1 N–H and O–H groups in total. The first-order chi connectivity index (χ1) is 10.7. The van der Waals surface area contributed by atoms with Crippen molar-refractivity contribution < 1.29 is 9.21 Å². The lowest BCUT2D eigenvalue weighted by Gasteiger charge is -1.94. The summed E-state index contributed by atoms with van der Waals surface area (Å²) in [6.07, 6.45) is 3.34. The van der Waals surface area contributed by atoms with E-state index in [0.717, 1.165) is 11.3 Å². The zero-order chi connectivity index (χ0) is 15.4. The number of hydrogen-bond donors (Lipinski definition) is 1. The highest BCUT2D eigenvalue weighted by atomic mass is 32.2. The number of nitrogens with one attached hydrogen (secondary N) is 1. The van der Waals surface area contributed by atoms with Gasteiger partial charge in [0.2, 0.25) is 11.8 Å². The average Bonchev–Trinajstić information content (AvgIpc) is 3.15. The van der Waals surface area contributed by atoms with E-state index in [2.05, 4.69) is 25.5 Å². The van der Waals surface area contributed by atoms with Gasteiger partial charge in [-0.2, -0.15) is 0 Å². The number of anilines is 1. The van der Waals surface area contributed by atoms with Crippen LogP contribution in [0.25, 0.3) is 11.5 Å². The second-order valence-corrected chi connectivity index (χ2v) is 6.01. The second kappa shape index (κ2) is 6.67. The number of rotatable bonds is 5. The molecule has 0 aliphatic heterocycles. The van der Waals surface area contributed by atoms with Gasteiger partial charge in [-0.05, 0) is 12.1 Å². The van der Waals surface area contributed by atoms with Crippen LogP contribution in [0, 0.1) is 0 Å². The maximum Gasteiger partial charge on any atom is 0.277 e. The van der Waals surface area contributed by atoms with E-state index < -0.39 is 0 Å². The smallest absolute Gasteiger partial charge is 0.277 e. The fourth-order valence-electron chi connectivity index (χ4n) is 1.60. The van der Waals surface area contributed by atoms with Crippen LogP contribution in [-0.4, -0.2) is 26.1 Å². The van der Waals surface area contributed by atoms with E-state index >= 15 is 0 Å². The summed E-state index contributed by atoms with van der Waals surface area (Å²) in [6.45, 7) is 1.45. The van der Waals surface area contributed by atoms with Gasteiger partial charge in [-0.3, -0.25) is 9.78 Å². The molecule has 0 aromatic carbocycles. The summed E-state index contributed by atoms with van der Waals surface area (Å²) in [4.78, 5) is 19.2. The van der Waals surface area contributed by atoms with E-state index in [9.17, 15) is 4.79 Å². The number of nitrogens with zero attached hydrogens (tertiary/aromatic N) is 4. The van der Waals surface area contributed by atoms with E-state index in [0.29, 0.717) is 22.0 Å². The number of carbonyl (C=O) groups is 1. The van der Waals surface area contributed by atoms with Crippen LogP contribution in [0.3, 0.4) is 0 Å². The fourth-order valence-corrected chi connectivity index (χ4v) is 3.11. The summed E-state index contributed by atoms with van der Waals surface area (Å²) in [5.74, 6) is 0.920. The molecule has 0 aliphatic rings. The lowest BCUT2D eigenvalue weighted by Crippen LogP contribution is -2.05. The molecule has 3 aromatic rings. The lowest BCUT2D eigenvalue weighted by atomic mass is 10.3. The van der Waals surface area contributed by atoms with Crippen LogP contribution in [-0.2, 0) is 10.5 Å².